The van der Waals surface area contributed by atoms with E-state index in [1.807, 2.05) is 65.0 Å². The van der Waals surface area contributed by atoms with Crippen molar-refractivity contribution in [2.75, 3.05) is 6.61 Å². The normalized spacial score (nSPS) is 15.0. The van der Waals surface area contributed by atoms with E-state index in [0.717, 1.165) is 5.56 Å². The summed E-state index contributed by atoms with van der Waals surface area (Å²) in [6, 6.07) is 9.62. The Morgan fingerprint density at radius 3 is 2.22 bits per heavy atom. The van der Waals surface area contributed by atoms with Crippen molar-refractivity contribution in [3.63, 3.8) is 0 Å². The Morgan fingerprint density at radius 1 is 1.17 bits per heavy atom. The van der Waals surface area contributed by atoms with E-state index in [1.54, 1.807) is 6.92 Å². The molecule has 4 nitrogen and oxygen atoms in total. The Balaban J connectivity index is 3.01. The third kappa shape index (κ3) is 6.07. The van der Waals surface area contributed by atoms with Crippen LogP contribution in [0, 0.1) is 5.41 Å². The van der Waals surface area contributed by atoms with Crippen molar-refractivity contribution in [1.29, 1.82) is 0 Å². The highest BCUT2D eigenvalue weighted by Crippen LogP contribution is 2.32. The fourth-order valence-corrected chi connectivity index (χ4v) is 2.97. The van der Waals surface area contributed by atoms with Crippen LogP contribution < -0.4 is 4.72 Å². The lowest BCUT2D eigenvalue weighted by molar-refractivity contribution is -0.154. The molecular formula is C18H29NO3S. The zero-order valence-electron chi connectivity index (χ0n) is 15.0. The van der Waals surface area contributed by atoms with Crippen LogP contribution in [0.3, 0.4) is 0 Å². The summed E-state index contributed by atoms with van der Waals surface area (Å²) in [7, 11) is -1.22. The Labute approximate surface area is 142 Å². The largest absolute Gasteiger partial charge is 0.466 e. The maximum atomic E-state index is 12.5. The number of nitrogens with one attached hydrogen (secondary N) is 1. The van der Waals surface area contributed by atoms with E-state index < -0.39 is 16.4 Å². The van der Waals surface area contributed by atoms with E-state index in [4.69, 9.17) is 4.74 Å². The molecule has 2 unspecified atom stereocenters. The molecule has 1 rings (SSSR count). The van der Waals surface area contributed by atoms with E-state index in [2.05, 4.69) is 4.72 Å². The molecule has 0 bridgehead atoms. The third-order valence-corrected chi connectivity index (χ3v) is 5.16. The van der Waals surface area contributed by atoms with Crippen molar-refractivity contribution < 1.29 is 13.7 Å². The molecule has 0 heterocycles. The number of esters is 1. The van der Waals surface area contributed by atoms with Crippen LogP contribution in [0.5, 0.6) is 0 Å². The number of hydrogen-bond acceptors (Lipinski definition) is 3. The quantitative estimate of drug-likeness (QED) is 0.770. The molecule has 5 heteroatoms. The van der Waals surface area contributed by atoms with E-state index in [-0.39, 0.29) is 16.8 Å². The summed E-state index contributed by atoms with van der Waals surface area (Å²) in [6.07, 6.45) is 0.512. The summed E-state index contributed by atoms with van der Waals surface area (Å²) in [4.78, 5) is 12.2. The minimum Gasteiger partial charge on any atom is -0.466 e. The first-order valence-corrected chi connectivity index (χ1v) is 9.13. The monoisotopic (exact) mass is 339 g/mol. The van der Waals surface area contributed by atoms with Gasteiger partial charge in [-0.25, -0.2) is 8.93 Å². The van der Waals surface area contributed by atoms with E-state index in [9.17, 15) is 9.00 Å². The molecular weight excluding hydrogens is 310 g/mol. The fraction of sp³-hybridized carbons (Fsp3) is 0.611. The zero-order valence-corrected chi connectivity index (χ0v) is 15.8. The Hall–Kier alpha value is -1.20. The number of rotatable bonds is 7. The lowest BCUT2D eigenvalue weighted by atomic mass is 9.84. The molecule has 1 N–H and O–H groups in total. The zero-order chi connectivity index (χ0) is 17.7. The summed E-state index contributed by atoms with van der Waals surface area (Å²) in [5.74, 6) is -0.232. The average Bonchev–Trinajstić information content (AvgIpc) is 2.46. The van der Waals surface area contributed by atoms with Crippen molar-refractivity contribution >= 4 is 17.0 Å². The van der Waals surface area contributed by atoms with Crippen molar-refractivity contribution in [3.05, 3.63) is 35.9 Å². The van der Waals surface area contributed by atoms with Crippen LogP contribution in [0.1, 0.15) is 59.6 Å². The lowest BCUT2D eigenvalue weighted by Crippen LogP contribution is -2.39. The van der Waals surface area contributed by atoms with Crippen LogP contribution in [0.4, 0.5) is 0 Å². The summed E-state index contributed by atoms with van der Waals surface area (Å²) in [6.45, 7) is 11.7. The molecule has 0 saturated heterocycles. The lowest BCUT2D eigenvalue weighted by Gasteiger charge is -2.30. The van der Waals surface area contributed by atoms with Crippen molar-refractivity contribution in [2.45, 2.75) is 58.8 Å². The maximum absolute atomic E-state index is 12.5. The van der Waals surface area contributed by atoms with Crippen LogP contribution in [0.2, 0.25) is 0 Å². The summed E-state index contributed by atoms with van der Waals surface area (Å²) in [5.41, 5.74) is 0.355. The van der Waals surface area contributed by atoms with Gasteiger partial charge in [0, 0.05) is 6.04 Å². The first kappa shape index (κ1) is 19.8. The van der Waals surface area contributed by atoms with Crippen LogP contribution in [-0.4, -0.2) is 21.5 Å². The van der Waals surface area contributed by atoms with Crippen LogP contribution >= 0.6 is 0 Å². The topological polar surface area (TPSA) is 55.4 Å². The third-order valence-electron chi connectivity index (χ3n) is 3.55. The Morgan fingerprint density at radius 2 is 1.74 bits per heavy atom. The molecule has 1 aromatic carbocycles. The van der Waals surface area contributed by atoms with Gasteiger partial charge < -0.3 is 4.74 Å². The van der Waals surface area contributed by atoms with E-state index in [0.29, 0.717) is 13.0 Å². The number of hydrogen-bond donors (Lipinski definition) is 1. The smallest absolute Gasteiger partial charge is 0.311 e. The molecule has 0 spiro atoms. The first-order chi connectivity index (χ1) is 10.6. The highest BCUT2D eigenvalue weighted by atomic mass is 32.2. The summed E-state index contributed by atoms with van der Waals surface area (Å²) in [5, 5.41) is 0. The molecule has 130 valence electrons. The van der Waals surface area contributed by atoms with Gasteiger partial charge in [-0.15, -0.1) is 0 Å². The highest BCUT2D eigenvalue weighted by Gasteiger charge is 2.34. The predicted molar refractivity (Wildman–Crippen MR) is 95.2 cm³/mol. The van der Waals surface area contributed by atoms with Gasteiger partial charge in [0.25, 0.3) is 0 Å². The van der Waals surface area contributed by atoms with Crippen molar-refractivity contribution in [3.8, 4) is 0 Å². The van der Waals surface area contributed by atoms with Gasteiger partial charge in [-0.2, -0.15) is 0 Å². The molecule has 0 aliphatic carbocycles. The minimum atomic E-state index is -1.22. The molecule has 0 aliphatic heterocycles. The molecule has 0 aliphatic rings. The molecule has 1 aromatic rings. The van der Waals surface area contributed by atoms with Gasteiger partial charge in [-0.05, 0) is 53.5 Å². The van der Waals surface area contributed by atoms with Gasteiger partial charge in [0.15, 0.2) is 0 Å². The van der Waals surface area contributed by atoms with Gasteiger partial charge >= 0.3 is 5.97 Å². The van der Waals surface area contributed by atoms with Gasteiger partial charge in [-0.3, -0.25) is 4.79 Å². The van der Waals surface area contributed by atoms with Gasteiger partial charge in [0.05, 0.1) is 27.8 Å². The second kappa shape index (κ2) is 8.06. The first-order valence-electron chi connectivity index (χ1n) is 7.98. The molecule has 0 amide bonds. The number of carbonyl (C=O) groups is 1. The number of benzene rings is 1. The van der Waals surface area contributed by atoms with Crippen molar-refractivity contribution in [1.82, 2.24) is 4.72 Å². The van der Waals surface area contributed by atoms with Crippen LogP contribution in [0.25, 0.3) is 0 Å². The standard InChI is InChI=1S/C18H29NO3S/c1-7-22-16(20)18(5,6)13-15(14-11-9-8-10-12-14)19-23(21)17(2,3)4/h8-12,15,19H,7,13H2,1-6H3. The molecule has 0 aromatic heterocycles. The van der Waals surface area contributed by atoms with Crippen molar-refractivity contribution in [2.24, 2.45) is 5.41 Å². The molecule has 0 radical (unpaired) electrons. The van der Waals surface area contributed by atoms with E-state index >= 15 is 0 Å². The minimum absolute atomic E-state index is 0.185. The van der Waals surface area contributed by atoms with Gasteiger partial charge in [-0.1, -0.05) is 30.3 Å². The molecule has 0 fully saturated rings. The van der Waals surface area contributed by atoms with Crippen LogP contribution in [0.15, 0.2) is 30.3 Å². The predicted octanol–water partition coefficient (Wildman–Crippen LogP) is 3.76. The molecule has 2 atom stereocenters. The van der Waals surface area contributed by atoms with Gasteiger partial charge in [0.1, 0.15) is 0 Å². The van der Waals surface area contributed by atoms with E-state index in [1.165, 1.54) is 0 Å². The molecule has 23 heavy (non-hydrogen) atoms. The Bertz CT molecular complexity index is 535. The Kier molecular flexibility index (Phi) is 6.96. The maximum Gasteiger partial charge on any atom is 0.311 e. The number of ether oxygens (including phenoxy) is 1. The second-order valence-corrected chi connectivity index (χ2v) is 9.27. The SMILES string of the molecule is CCOC(=O)C(C)(C)CC(NS(=O)C(C)(C)C)c1ccccc1. The number of carbonyl (C=O) groups excluding carboxylic acids is 1. The highest BCUT2D eigenvalue weighted by molar-refractivity contribution is 7.84. The summed E-state index contributed by atoms with van der Waals surface area (Å²) < 4.78 is 20.5. The molecule has 0 saturated carbocycles. The average molecular weight is 340 g/mol. The van der Waals surface area contributed by atoms with Gasteiger partial charge in [0.2, 0.25) is 0 Å². The summed E-state index contributed by atoms with van der Waals surface area (Å²) >= 11 is 0. The second-order valence-electron chi connectivity index (χ2n) is 7.27. The van der Waals surface area contributed by atoms with Crippen LogP contribution in [-0.2, 0) is 20.5 Å². The fourth-order valence-electron chi connectivity index (χ4n) is 2.14.